The SMILES string of the molecule is COC(=O)c1ccc(Oc2c(-c3ccc(OCc4ccc([N+](=O)[O-])cc4)cc3O)n[nH]c2C)cc1. The first-order chi connectivity index (χ1) is 16.9. The number of nitrogens with one attached hydrogen (secondary N) is 1. The molecule has 0 aliphatic heterocycles. The van der Waals surface area contributed by atoms with Crippen LogP contribution in [-0.2, 0) is 11.3 Å². The summed E-state index contributed by atoms with van der Waals surface area (Å²) < 4.78 is 16.4. The zero-order valence-corrected chi connectivity index (χ0v) is 18.8. The van der Waals surface area contributed by atoms with E-state index in [1.165, 1.54) is 25.3 Å². The number of rotatable bonds is 8. The lowest BCUT2D eigenvalue weighted by atomic mass is 10.1. The molecular weight excluding hydrogens is 454 g/mol. The average Bonchev–Trinajstić information content (AvgIpc) is 3.22. The summed E-state index contributed by atoms with van der Waals surface area (Å²) in [7, 11) is 1.31. The monoisotopic (exact) mass is 475 g/mol. The van der Waals surface area contributed by atoms with E-state index >= 15 is 0 Å². The van der Waals surface area contributed by atoms with E-state index in [2.05, 4.69) is 10.2 Å². The number of phenolic OH excluding ortho intramolecular Hbond substituents is 1. The van der Waals surface area contributed by atoms with Gasteiger partial charge in [-0.1, -0.05) is 0 Å². The lowest BCUT2D eigenvalue weighted by Gasteiger charge is -2.11. The first-order valence-corrected chi connectivity index (χ1v) is 10.5. The fourth-order valence-corrected chi connectivity index (χ4v) is 3.30. The Bertz CT molecular complexity index is 1360. The maximum absolute atomic E-state index is 11.6. The number of phenols is 1. The summed E-state index contributed by atoms with van der Waals surface area (Å²) in [5.41, 5.74) is 2.62. The average molecular weight is 475 g/mol. The highest BCUT2D eigenvalue weighted by Gasteiger charge is 2.19. The van der Waals surface area contributed by atoms with Crippen LogP contribution in [0.25, 0.3) is 11.3 Å². The first kappa shape index (κ1) is 23.3. The zero-order valence-electron chi connectivity index (χ0n) is 18.8. The Morgan fingerprint density at radius 1 is 1.06 bits per heavy atom. The molecular formula is C25H21N3O7. The summed E-state index contributed by atoms with van der Waals surface area (Å²) in [6.45, 7) is 1.96. The van der Waals surface area contributed by atoms with E-state index in [1.807, 2.05) is 0 Å². The number of aryl methyl sites for hydroxylation is 1. The van der Waals surface area contributed by atoms with Crippen molar-refractivity contribution in [2.24, 2.45) is 0 Å². The van der Waals surface area contributed by atoms with Gasteiger partial charge in [0.2, 0.25) is 0 Å². The van der Waals surface area contributed by atoms with Crippen molar-refractivity contribution >= 4 is 11.7 Å². The number of non-ortho nitro benzene ring substituents is 1. The number of carbonyl (C=O) groups is 1. The van der Waals surface area contributed by atoms with Gasteiger partial charge in [0, 0.05) is 23.8 Å². The smallest absolute Gasteiger partial charge is 0.337 e. The van der Waals surface area contributed by atoms with Gasteiger partial charge >= 0.3 is 5.97 Å². The second-order valence-corrected chi connectivity index (χ2v) is 7.54. The topological polar surface area (TPSA) is 137 Å². The summed E-state index contributed by atoms with van der Waals surface area (Å²) in [4.78, 5) is 21.9. The Morgan fingerprint density at radius 2 is 1.74 bits per heavy atom. The van der Waals surface area contributed by atoms with Crippen molar-refractivity contribution in [1.29, 1.82) is 0 Å². The molecule has 4 aromatic rings. The Hall–Kier alpha value is -4.86. The number of nitrogens with zero attached hydrogens (tertiary/aromatic N) is 2. The van der Waals surface area contributed by atoms with Crippen LogP contribution in [0.15, 0.2) is 66.7 Å². The number of hydrogen-bond donors (Lipinski definition) is 2. The van der Waals surface area contributed by atoms with E-state index in [-0.39, 0.29) is 18.0 Å². The third kappa shape index (κ3) is 5.22. The van der Waals surface area contributed by atoms with Crippen LogP contribution in [-0.4, -0.2) is 33.3 Å². The highest BCUT2D eigenvalue weighted by Crippen LogP contribution is 2.39. The fraction of sp³-hybridized carbons (Fsp3) is 0.120. The Kier molecular flexibility index (Phi) is 6.63. The molecule has 0 amide bonds. The minimum absolute atomic E-state index is 0.00229. The molecule has 0 radical (unpaired) electrons. The van der Waals surface area contributed by atoms with Crippen molar-refractivity contribution in [3.8, 4) is 34.3 Å². The fourth-order valence-electron chi connectivity index (χ4n) is 3.30. The van der Waals surface area contributed by atoms with Gasteiger partial charge in [-0.25, -0.2) is 4.79 Å². The molecule has 0 unspecified atom stereocenters. The lowest BCUT2D eigenvalue weighted by molar-refractivity contribution is -0.384. The van der Waals surface area contributed by atoms with Crippen molar-refractivity contribution in [3.05, 3.63) is 93.7 Å². The molecule has 10 heteroatoms. The number of aromatic hydroxyl groups is 1. The highest BCUT2D eigenvalue weighted by molar-refractivity contribution is 5.89. The molecule has 1 aromatic heterocycles. The van der Waals surface area contributed by atoms with Gasteiger partial charge in [-0.15, -0.1) is 0 Å². The molecule has 0 fully saturated rings. The molecule has 1 heterocycles. The van der Waals surface area contributed by atoms with Gasteiger partial charge in [-0.3, -0.25) is 15.2 Å². The number of aromatic amines is 1. The number of ether oxygens (including phenoxy) is 3. The van der Waals surface area contributed by atoms with Crippen molar-refractivity contribution in [2.45, 2.75) is 13.5 Å². The number of methoxy groups -OCH3 is 1. The molecule has 2 N–H and O–H groups in total. The van der Waals surface area contributed by atoms with Gasteiger partial charge in [-0.05, 0) is 61.0 Å². The van der Waals surface area contributed by atoms with Crippen LogP contribution in [0.4, 0.5) is 5.69 Å². The van der Waals surface area contributed by atoms with Crippen LogP contribution in [0, 0.1) is 17.0 Å². The third-order valence-electron chi connectivity index (χ3n) is 5.16. The van der Waals surface area contributed by atoms with Gasteiger partial charge < -0.3 is 19.3 Å². The molecule has 0 bridgehead atoms. The van der Waals surface area contributed by atoms with E-state index in [0.29, 0.717) is 39.8 Å². The van der Waals surface area contributed by atoms with Gasteiger partial charge in [0.15, 0.2) is 5.75 Å². The van der Waals surface area contributed by atoms with E-state index in [0.717, 1.165) is 5.56 Å². The molecule has 0 aliphatic rings. The van der Waals surface area contributed by atoms with Crippen LogP contribution < -0.4 is 9.47 Å². The molecule has 178 valence electrons. The summed E-state index contributed by atoms with van der Waals surface area (Å²) >= 11 is 0. The van der Waals surface area contributed by atoms with Gasteiger partial charge in [0.1, 0.15) is 29.5 Å². The molecule has 3 aromatic carbocycles. The number of esters is 1. The Morgan fingerprint density at radius 3 is 2.37 bits per heavy atom. The lowest BCUT2D eigenvalue weighted by Crippen LogP contribution is -2.00. The number of carbonyl (C=O) groups excluding carboxylic acids is 1. The first-order valence-electron chi connectivity index (χ1n) is 10.5. The zero-order chi connectivity index (χ0) is 24.9. The van der Waals surface area contributed by atoms with Crippen LogP contribution in [0.1, 0.15) is 21.6 Å². The van der Waals surface area contributed by atoms with Crippen molar-refractivity contribution in [1.82, 2.24) is 10.2 Å². The second kappa shape index (κ2) is 9.96. The molecule has 35 heavy (non-hydrogen) atoms. The highest BCUT2D eigenvalue weighted by atomic mass is 16.6. The summed E-state index contributed by atoms with van der Waals surface area (Å²) in [6, 6.07) is 17.3. The number of nitro benzene ring substituents is 1. The number of benzene rings is 3. The minimum atomic E-state index is -0.465. The standard InChI is InChI=1S/C25H21N3O7/c1-15-24(35-19-9-5-17(6-10-19)25(30)33-2)23(27-26-15)21-12-11-20(13-22(21)29)34-14-16-3-7-18(8-4-16)28(31)32/h3-13,29H,14H2,1-2H3,(H,26,27). The largest absolute Gasteiger partial charge is 0.507 e. The van der Waals surface area contributed by atoms with Crippen LogP contribution in [0.2, 0.25) is 0 Å². The van der Waals surface area contributed by atoms with E-state index in [4.69, 9.17) is 14.2 Å². The molecule has 10 nitrogen and oxygen atoms in total. The van der Waals surface area contributed by atoms with E-state index in [9.17, 15) is 20.0 Å². The number of hydrogen-bond acceptors (Lipinski definition) is 8. The summed E-state index contributed by atoms with van der Waals surface area (Å²) in [5.74, 6) is 0.801. The quantitative estimate of drug-likeness (QED) is 0.203. The second-order valence-electron chi connectivity index (χ2n) is 7.54. The Balaban J connectivity index is 1.50. The Labute approximate surface area is 199 Å². The number of aromatic nitrogens is 2. The molecule has 4 rings (SSSR count). The predicted molar refractivity (Wildman–Crippen MR) is 126 cm³/mol. The molecule has 0 spiro atoms. The van der Waals surface area contributed by atoms with E-state index in [1.54, 1.807) is 55.5 Å². The molecule has 0 saturated heterocycles. The van der Waals surface area contributed by atoms with Crippen molar-refractivity contribution in [2.75, 3.05) is 7.11 Å². The van der Waals surface area contributed by atoms with Gasteiger partial charge in [0.05, 0.1) is 23.3 Å². The molecule has 0 atom stereocenters. The minimum Gasteiger partial charge on any atom is -0.507 e. The van der Waals surface area contributed by atoms with Crippen LogP contribution >= 0.6 is 0 Å². The number of H-pyrrole nitrogens is 1. The summed E-state index contributed by atoms with van der Waals surface area (Å²) in [5, 5.41) is 28.5. The molecule has 0 saturated carbocycles. The van der Waals surface area contributed by atoms with Crippen molar-refractivity contribution in [3.63, 3.8) is 0 Å². The maximum atomic E-state index is 11.6. The van der Waals surface area contributed by atoms with Crippen LogP contribution in [0.3, 0.4) is 0 Å². The van der Waals surface area contributed by atoms with Crippen LogP contribution in [0.5, 0.6) is 23.0 Å². The van der Waals surface area contributed by atoms with Crippen molar-refractivity contribution < 1.29 is 29.0 Å². The van der Waals surface area contributed by atoms with E-state index < -0.39 is 10.9 Å². The predicted octanol–water partition coefficient (Wildman–Crippen LogP) is 5.16. The maximum Gasteiger partial charge on any atom is 0.337 e. The third-order valence-corrected chi connectivity index (χ3v) is 5.16. The molecule has 0 aliphatic carbocycles. The summed E-state index contributed by atoms with van der Waals surface area (Å²) in [6.07, 6.45) is 0. The van der Waals surface area contributed by atoms with Gasteiger partial charge in [0.25, 0.3) is 5.69 Å². The van der Waals surface area contributed by atoms with Gasteiger partial charge in [-0.2, -0.15) is 5.10 Å². The normalized spacial score (nSPS) is 10.6. The number of nitro groups is 1.